The second-order valence-corrected chi connectivity index (χ2v) is 8.63. The molecule has 3 atom stereocenters. The number of ether oxygens (including phenoxy) is 3. The van der Waals surface area contributed by atoms with E-state index in [-0.39, 0.29) is 19.0 Å². The standard InChI is InChI=1S/C27H38O4/c1-6-21(4)26(18-20(2)3)24-12-14-25(15-13-24)31-22(5)29-16-17-30-27(28)19-23-10-8-7-9-11-23/h7-15,20-22,26H,6,16-19H2,1-5H3. The van der Waals surface area contributed by atoms with Gasteiger partial charge < -0.3 is 14.2 Å². The molecule has 0 bridgehead atoms. The normalized spacial score (nSPS) is 14.1. The van der Waals surface area contributed by atoms with Crippen molar-refractivity contribution in [1.29, 1.82) is 0 Å². The van der Waals surface area contributed by atoms with Gasteiger partial charge in [-0.3, -0.25) is 4.79 Å². The van der Waals surface area contributed by atoms with Crippen molar-refractivity contribution in [1.82, 2.24) is 0 Å². The van der Waals surface area contributed by atoms with E-state index in [0.29, 0.717) is 24.4 Å². The fourth-order valence-corrected chi connectivity index (χ4v) is 3.69. The van der Waals surface area contributed by atoms with Crippen LogP contribution in [-0.4, -0.2) is 25.5 Å². The van der Waals surface area contributed by atoms with Crippen LogP contribution in [0.2, 0.25) is 0 Å². The van der Waals surface area contributed by atoms with Gasteiger partial charge in [-0.15, -0.1) is 0 Å². The van der Waals surface area contributed by atoms with Gasteiger partial charge in [0.1, 0.15) is 12.4 Å². The highest BCUT2D eigenvalue weighted by Crippen LogP contribution is 2.33. The first kappa shape index (κ1) is 24.9. The highest BCUT2D eigenvalue weighted by Gasteiger charge is 2.19. The lowest BCUT2D eigenvalue weighted by atomic mass is 9.80. The second kappa shape index (κ2) is 13.2. The SMILES string of the molecule is CCC(C)C(CC(C)C)c1ccc(OC(C)OCCOC(=O)Cc2ccccc2)cc1. The highest BCUT2D eigenvalue weighted by atomic mass is 16.7. The molecule has 4 nitrogen and oxygen atoms in total. The zero-order valence-corrected chi connectivity index (χ0v) is 19.7. The number of hydrogen-bond donors (Lipinski definition) is 0. The fourth-order valence-electron chi connectivity index (χ4n) is 3.69. The number of rotatable bonds is 13. The van der Waals surface area contributed by atoms with Crippen LogP contribution in [0.4, 0.5) is 0 Å². The summed E-state index contributed by atoms with van der Waals surface area (Å²) in [6.07, 6.45) is 2.22. The summed E-state index contributed by atoms with van der Waals surface area (Å²) in [5.41, 5.74) is 2.31. The molecule has 2 rings (SSSR count). The van der Waals surface area contributed by atoms with Crippen LogP contribution in [0.3, 0.4) is 0 Å². The summed E-state index contributed by atoms with van der Waals surface area (Å²) in [5.74, 6) is 2.42. The number of carbonyl (C=O) groups excluding carboxylic acids is 1. The molecule has 2 aromatic carbocycles. The van der Waals surface area contributed by atoms with Crippen LogP contribution in [0.1, 0.15) is 64.5 Å². The molecule has 0 saturated heterocycles. The van der Waals surface area contributed by atoms with Crippen LogP contribution < -0.4 is 4.74 Å². The lowest BCUT2D eigenvalue weighted by Crippen LogP contribution is -2.20. The Balaban J connectivity index is 1.74. The predicted octanol–water partition coefficient (Wildman–Crippen LogP) is 6.39. The molecule has 0 N–H and O–H groups in total. The molecule has 0 amide bonds. The van der Waals surface area contributed by atoms with Crippen molar-refractivity contribution in [3.05, 3.63) is 65.7 Å². The van der Waals surface area contributed by atoms with E-state index in [9.17, 15) is 4.79 Å². The predicted molar refractivity (Wildman–Crippen MR) is 125 cm³/mol. The van der Waals surface area contributed by atoms with Crippen molar-refractivity contribution in [2.24, 2.45) is 11.8 Å². The highest BCUT2D eigenvalue weighted by molar-refractivity contribution is 5.72. The Kier molecular flexibility index (Phi) is 10.6. The number of carbonyl (C=O) groups is 1. The van der Waals surface area contributed by atoms with Crippen molar-refractivity contribution in [2.45, 2.75) is 66.1 Å². The molecule has 0 aromatic heterocycles. The van der Waals surface area contributed by atoms with Gasteiger partial charge in [-0.2, -0.15) is 0 Å². The molecule has 2 aromatic rings. The molecule has 0 heterocycles. The van der Waals surface area contributed by atoms with Crippen LogP contribution in [0, 0.1) is 11.8 Å². The molecule has 0 spiro atoms. The minimum absolute atomic E-state index is 0.212. The first-order valence-electron chi connectivity index (χ1n) is 11.5. The third kappa shape index (κ3) is 9.14. The van der Waals surface area contributed by atoms with Gasteiger partial charge in [-0.25, -0.2) is 0 Å². The second-order valence-electron chi connectivity index (χ2n) is 8.63. The smallest absolute Gasteiger partial charge is 0.310 e. The molecule has 4 heteroatoms. The lowest BCUT2D eigenvalue weighted by molar-refractivity contribution is -0.147. The molecule has 0 aliphatic heterocycles. The maximum absolute atomic E-state index is 11.9. The van der Waals surface area contributed by atoms with E-state index >= 15 is 0 Å². The van der Waals surface area contributed by atoms with Crippen LogP contribution >= 0.6 is 0 Å². The molecular weight excluding hydrogens is 388 g/mol. The van der Waals surface area contributed by atoms with Crippen LogP contribution in [-0.2, 0) is 20.7 Å². The topological polar surface area (TPSA) is 44.8 Å². The average molecular weight is 427 g/mol. The summed E-state index contributed by atoms with van der Waals surface area (Å²) in [6, 6.07) is 17.9. The van der Waals surface area contributed by atoms with E-state index in [1.54, 1.807) is 0 Å². The van der Waals surface area contributed by atoms with Gasteiger partial charge in [0, 0.05) is 0 Å². The number of benzene rings is 2. The van der Waals surface area contributed by atoms with E-state index in [2.05, 4.69) is 39.8 Å². The van der Waals surface area contributed by atoms with E-state index < -0.39 is 6.29 Å². The summed E-state index contributed by atoms with van der Waals surface area (Å²) in [5, 5.41) is 0. The Morgan fingerprint density at radius 1 is 0.903 bits per heavy atom. The van der Waals surface area contributed by atoms with Crippen molar-refractivity contribution in [3.63, 3.8) is 0 Å². The Hall–Kier alpha value is -2.33. The van der Waals surface area contributed by atoms with E-state index in [0.717, 1.165) is 11.3 Å². The van der Waals surface area contributed by atoms with Crippen molar-refractivity contribution in [3.8, 4) is 5.75 Å². The van der Waals surface area contributed by atoms with Crippen molar-refractivity contribution in [2.75, 3.05) is 13.2 Å². The molecule has 3 unspecified atom stereocenters. The molecular formula is C27H38O4. The van der Waals surface area contributed by atoms with Gasteiger partial charge in [0.25, 0.3) is 0 Å². The zero-order chi connectivity index (χ0) is 22.6. The summed E-state index contributed by atoms with van der Waals surface area (Å²) < 4.78 is 16.7. The summed E-state index contributed by atoms with van der Waals surface area (Å²) >= 11 is 0. The van der Waals surface area contributed by atoms with E-state index in [1.807, 2.05) is 49.4 Å². The maximum atomic E-state index is 11.9. The van der Waals surface area contributed by atoms with Gasteiger partial charge in [0.05, 0.1) is 13.0 Å². The van der Waals surface area contributed by atoms with Crippen LogP contribution in [0.25, 0.3) is 0 Å². The summed E-state index contributed by atoms with van der Waals surface area (Å²) in [6.45, 7) is 11.5. The van der Waals surface area contributed by atoms with Gasteiger partial charge in [-0.05, 0) is 54.4 Å². The average Bonchev–Trinajstić information content (AvgIpc) is 2.76. The largest absolute Gasteiger partial charge is 0.465 e. The molecule has 0 aliphatic rings. The summed E-state index contributed by atoms with van der Waals surface area (Å²) in [4.78, 5) is 11.9. The van der Waals surface area contributed by atoms with Gasteiger partial charge in [0.2, 0.25) is 0 Å². The molecule has 0 aliphatic carbocycles. The van der Waals surface area contributed by atoms with E-state index in [1.165, 1.54) is 18.4 Å². The van der Waals surface area contributed by atoms with Gasteiger partial charge in [0.15, 0.2) is 6.29 Å². The monoisotopic (exact) mass is 426 g/mol. The quantitative estimate of drug-likeness (QED) is 0.211. The molecule has 0 saturated carbocycles. The third-order valence-electron chi connectivity index (χ3n) is 5.56. The Labute approximate surface area is 187 Å². The van der Waals surface area contributed by atoms with Crippen molar-refractivity contribution >= 4 is 5.97 Å². The Bertz CT molecular complexity index is 755. The fraction of sp³-hybridized carbons (Fsp3) is 0.519. The maximum Gasteiger partial charge on any atom is 0.310 e. The van der Waals surface area contributed by atoms with Crippen molar-refractivity contribution < 1.29 is 19.0 Å². The number of hydrogen-bond acceptors (Lipinski definition) is 4. The number of esters is 1. The molecule has 0 radical (unpaired) electrons. The molecule has 31 heavy (non-hydrogen) atoms. The Morgan fingerprint density at radius 3 is 2.19 bits per heavy atom. The minimum Gasteiger partial charge on any atom is -0.465 e. The molecule has 0 fully saturated rings. The molecule has 170 valence electrons. The van der Waals surface area contributed by atoms with Crippen LogP contribution in [0.15, 0.2) is 54.6 Å². The lowest BCUT2D eigenvalue weighted by Gasteiger charge is -2.25. The minimum atomic E-state index is -0.417. The Morgan fingerprint density at radius 2 is 1.58 bits per heavy atom. The van der Waals surface area contributed by atoms with E-state index in [4.69, 9.17) is 14.2 Å². The van der Waals surface area contributed by atoms with Gasteiger partial charge in [-0.1, -0.05) is 76.6 Å². The zero-order valence-electron chi connectivity index (χ0n) is 19.7. The summed E-state index contributed by atoms with van der Waals surface area (Å²) in [7, 11) is 0. The third-order valence-corrected chi connectivity index (χ3v) is 5.56. The van der Waals surface area contributed by atoms with Gasteiger partial charge >= 0.3 is 5.97 Å². The first-order valence-corrected chi connectivity index (χ1v) is 11.5. The first-order chi connectivity index (χ1) is 14.9. The van der Waals surface area contributed by atoms with Crippen LogP contribution in [0.5, 0.6) is 5.75 Å².